The van der Waals surface area contributed by atoms with E-state index in [0.29, 0.717) is 19.3 Å². The summed E-state index contributed by atoms with van der Waals surface area (Å²) in [4.78, 5) is 23.1. The lowest BCUT2D eigenvalue weighted by atomic mass is 10.0. The largest absolute Gasteiger partial charge is 0.481 e. The smallest absolute Gasteiger partial charge is 0.306 e. The van der Waals surface area contributed by atoms with Gasteiger partial charge in [-0.1, -0.05) is 28.1 Å². The Kier molecular flexibility index (Phi) is 5.39. The minimum atomic E-state index is -0.784. The summed E-state index contributed by atoms with van der Waals surface area (Å²) in [6, 6.07) is 8.07. The van der Waals surface area contributed by atoms with Crippen molar-refractivity contribution in [3.05, 3.63) is 34.3 Å². The van der Waals surface area contributed by atoms with Crippen LogP contribution in [-0.4, -0.2) is 23.0 Å². The van der Waals surface area contributed by atoms with Crippen LogP contribution in [0.5, 0.6) is 0 Å². The first-order valence-corrected chi connectivity index (χ1v) is 8.02. The van der Waals surface area contributed by atoms with Crippen LogP contribution in [0.15, 0.2) is 28.7 Å². The van der Waals surface area contributed by atoms with Crippen molar-refractivity contribution in [2.75, 3.05) is 0 Å². The van der Waals surface area contributed by atoms with Gasteiger partial charge >= 0.3 is 5.97 Å². The van der Waals surface area contributed by atoms with Gasteiger partial charge in [0.05, 0.1) is 5.92 Å². The SMILES string of the molecule is CC(Cc1ccc(Br)cc1)NC(=O)[C@@H]1CC[C@H](C(=O)O)C1. The summed E-state index contributed by atoms with van der Waals surface area (Å²) < 4.78 is 1.04. The Labute approximate surface area is 133 Å². The number of hydrogen-bond acceptors (Lipinski definition) is 2. The number of benzene rings is 1. The molecular formula is C16H20BrNO3. The molecule has 0 heterocycles. The van der Waals surface area contributed by atoms with Crippen molar-refractivity contribution < 1.29 is 14.7 Å². The second-order valence-corrected chi connectivity index (χ2v) is 6.70. The van der Waals surface area contributed by atoms with Crippen molar-refractivity contribution >= 4 is 27.8 Å². The predicted octanol–water partition coefficient (Wildman–Crippen LogP) is 3.00. The molecule has 3 atom stereocenters. The van der Waals surface area contributed by atoms with E-state index in [2.05, 4.69) is 21.2 Å². The molecule has 21 heavy (non-hydrogen) atoms. The van der Waals surface area contributed by atoms with Crippen LogP contribution in [0.25, 0.3) is 0 Å². The fourth-order valence-corrected chi connectivity index (χ4v) is 3.09. The molecule has 0 aliphatic heterocycles. The Morgan fingerprint density at radius 1 is 1.29 bits per heavy atom. The standard InChI is InChI=1S/C16H20BrNO3/c1-10(8-11-2-6-14(17)7-3-11)18-15(19)12-4-5-13(9-12)16(20)21/h2-3,6-7,10,12-13H,4-5,8-9H2,1H3,(H,18,19)(H,20,21)/t10?,12-,13+/m1/s1. The lowest BCUT2D eigenvalue weighted by Crippen LogP contribution is -2.37. The molecule has 0 saturated heterocycles. The van der Waals surface area contributed by atoms with Gasteiger partial charge < -0.3 is 10.4 Å². The normalized spacial score (nSPS) is 22.8. The molecule has 0 spiro atoms. The minimum Gasteiger partial charge on any atom is -0.481 e. The third-order valence-electron chi connectivity index (χ3n) is 4.00. The van der Waals surface area contributed by atoms with Crippen molar-refractivity contribution in [3.63, 3.8) is 0 Å². The topological polar surface area (TPSA) is 66.4 Å². The van der Waals surface area contributed by atoms with Gasteiger partial charge in [0.15, 0.2) is 0 Å². The fourth-order valence-electron chi connectivity index (χ4n) is 2.83. The van der Waals surface area contributed by atoms with Crippen LogP contribution in [-0.2, 0) is 16.0 Å². The molecule has 0 aromatic heterocycles. The zero-order valence-corrected chi connectivity index (χ0v) is 13.6. The molecule has 1 fully saturated rings. The Bertz CT molecular complexity index is 515. The average molecular weight is 354 g/mol. The first-order valence-electron chi connectivity index (χ1n) is 7.23. The molecule has 1 amide bonds. The first-order chi connectivity index (χ1) is 9.95. The molecule has 1 saturated carbocycles. The highest BCUT2D eigenvalue weighted by atomic mass is 79.9. The van der Waals surface area contributed by atoms with Crippen molar-refractivity contribution in [1.29, 1.82) is 0 Å². The third-order valence-corrected chi connectivity index (χ3v) is 4.53. The first kappa shape index (κ1) is 16.0. The number of amides is 1. The number of aliphatic carboxylic acids is 1. The van der Waals surface area contributed by atoms with Gasteiger partial charge in [0, 0.05) is 16.4 Å². The molecule has 5 heteroatoms. The number of carboxylic acid groups (broad SMARTS) is 1. The van der Waals surface area contributed by atoms with Crippen LogP contribution >= 0.6 is 15.9 Å². The van der Waals surface area contributed by atoms with Crippen LogP contribution in [0.3, 0.4) is 0 Å². The van der Waals surface area contributed by atoms with Crippen LogP contribution in [0.4, 0.5) is 0 Å². The van der Waals surface area contributed by atoms with Crippen LogP contribution in [0.2, 0.25) is 0 Å². The lowest BCUT2D eigenvalue weighted by molar-refractivity contribution is -0.141. The molecule has 2 N–H and O–H groups in total. The number of hydrogen-bond donors (Lipinski definition) is 2. The predicted molar refractivity (Wildman–Crippen MR) is 83.9 cm³/mol. The molecular weight excluding hydrogens is 334 g/mol. The van der Waals surface area contributed by atoms with Crippen LogP contribution < -0.4 is 5.32 Å². The molecule has 2 rings (SSSR count). The van der Waals surface area contributed by atoms with E-state index in [9.17, 15) is 9.59 Å². The van der Waals surface area contributed by atoms with Gasteiger partial charge in [-0.05, 0) is 50.3 Å². The monoisotopic (exact) mass is 353 g/mol. The Morgan fingerprint density at radius 2 is 1.90 bits per heavy atom. The van der Waals surface area contributed by atoms with Gasteiger partial charge in [-0.25, -0.2) is 0 Å². The van der Waals surface area contributed by atoms with Crippen molar-refractivity contribution in [2.45, 2.75) is 38.6 Å². The Morgan fingerprint density at radius 3 is 2.48 bits per heavy atom. The lowest BCUT2D eigenvalue weighted by Gasteiger charge is -2.17. The maximum atomic E-state index is 12.2. The second-order valence-electron chi connectivity index (χ2n) is 5.79. The fraction of sp³-hybridized carbons (Fsp3) is 0.500. The summed E-state index contributed by atoms with van der Waals surface area (Å²) in [5.74, 6) is -1.31. The summed E-state index contributed by atoms with van der Waals surface area (Å²) in [7, 11) is 0. The van der Waals surface area contributed by atoms with E-state index in [1.54, 1.807) is 0 Å². The molecule has 1 aromatic rings. The highest BCUT2D eigenvalue weighted by molar-refractivity contribution is 9.10. The van der Waals surface area contributed by atoms with Gasteiger partial charge in [0.25, 0.3) is 0 Å². The molecule has 1 aliphatic carbocycles. The number of halogens is 1. The summed E-state index contributed by atoms with van der Waals surface area (Å²) in [6.07, 6.45) is 2.52. The van der Waals surface area contributed by atoms with E-state index < -0.39 is 5.97 Å². The van der Waals surface area contributed by atoms with Crippen molar-refractivity contribution in [3.8, 4) is 0 Å². The highest BCUT2D eigenvalue weighted by Gasteiger charge is 2.34. The third kappa shape index (κ3) is 4.56. The van der Waals surface area contributed by atoms with E-state index >= 15 is 0 Å². The number of rotatable bonds is 5. The highest BCUT2D eigenvalue weighted by Crippen LogP contribution is 2.31. The average Bonchev–Trinajstić information content (AvgIpc) is 2.91. The molecule has 4 nitrogen and oxygen atoms in total. The van der Waals surface area contributed by atoms with E-state index in [-0.39, 0.29) is 23.8 Å². The summed E-state index contributed by atoms with van der Waals surface area (Å²) in [5.41, 5.74) is 1.17. The van der Waals surface area contributed by atoms with Gasteiger partial charge in [-0.15, -0.1) is 0 Å². The van der Waals surface area contributed by atoms with E-state index in [1.165, 1.54) is 5.56 Å². The van der Waals surface area contributed by atoms with E-state index in [1.807, 2.05) is 31.2 Å². The number of carbonyl (C=O) groups excluding carboxylic acids is 1. The summed E-state index contributed by atoms with van der Waals surface area (Å²) >= 11 is 3.40. The minimum absolute atomic E-state index is 0.0108. The number of carboxylic acids is 1. The molecule has 0 bridgehead atoms. The van der Waals surface area contributed by atoms with Gasteiger partial charge in [-0.3, -0.25) is 9.59 Å². The quantitative estimate of drug-likeness (QED) is 0.854. The maximum absolute atomic E-state index is 12.2. The van der Waals surface area contributed by atoms with Gasteiger partial charge in [0.2, 0.25) is 5.91 Å². The summed E-state index contributed by atoms with van der Waals surface area (Å²) in [6.45, 7) is 1.98. The Hall–Kier alpha value is -1.36. The molecule has 1 unspecified atom stereocenters. The van der Waals surface area contributed by atoms with Crippen LogP contribution in [0, 0.1) is 11.8 Å². The zero-order chi connectivity index (χ0) is 15.4. The summed E-state index contributed by atoms with van der Waals surface area (Å²) in [5, 5.41) is 12.0. The zero-order valence-electron chi connectivity index (χ0n) is 12.0. The molecule has 114 valence electrons. The molecule has 1 aliphatic rings. The van der Waals surface area contributed by atoms with Crippen molar-refractivity contribution in [1.82, 2.24) is 5.32 Å². The van der Waals surface area contributed by atoms with E-state index in [0.717, 1.165) is 10.9 Å². The van der Waals surface area contributed by atoms with Gasteiger partial charge in [0.1, 0.15) is 0 Å². The molecule has 1 aromatic carbocycles. The van der Waals surface area contributed by atoms with E-state index in [4.69, 9.17) is 5.11 Å². The van der Waals surface area contributed by atoms with Crippen LogP contribution in [0.1, 0.15) is 31.7 Å². The number of nitrogens with one attached hydrogen (secondary N) is 1. The number of carbonyl (C=O) groups is 2. The maximum Gasteiger partial charge on any atom is 0.306 e. The molecule has 0 radical (unpaired) electrons. The van der Waals surface area contributed by atoms with Crippen molar-refractivity contribution in [2.24, 2.45) is 11.8 Å². The second kappa shape index (κ2) is 7.07. The Balaban J connectivity index is 1.82. The van der Waals surface area contributed by atoms with Gasteiger partial charge in [-0.2, -0.15) is 0 Å².